The minimum absolute atomic E-state index is 0.140. The Balaban J connectivity index is 1.51. The molecule has 0 saturated heterocycles. The molecule has 0 aliphatic heterocycles. The standard InChI is InChI=1S/C20H30N4O/c21-20(24-17-10-3-1-2-4-11-17)22-14-15-7-5-12-18(13-15)23-19(25)16-8-6-9-16/h5,7,12-13,16-17H,1-4,6,8-11,14H2,(H,23,25)(H3,21,22,24). The molecule has 4 N–H and O–H groups in total. The molecule has 0 aromatic heterocycles. The van der Waals surface area contributed by atoms with E-state index in [0.29, 0.717) is 18.5 Å². The van der Waals surface area contributed by atoms with Crippen LogP contribution in [0.15, 0.2) is 29.3 Å². The number of hydrogen-bond acceptors (Lipinski definition) is 2. The number of benzene rings is 1. The first kappa shape index (κ1) is 17.8. The summed E-state index contributed by atoms with van der Waals surface area (Å²) < 4.78 is 0. The first-order valence-electron chi connectivity index (χ1n) is 9.67. The molecule has 0 heterocycles. The van der Waals surface area contributed by atoms with Crippen molar-refractivity contribution in [1.29, 1.82) is 0 Å². The molecule has 3 rings (SSSR count). The van der Waals surface area contributed by atoms with E-state index in [1.54, 1.807) is 0 Å². The minimum atomic E-state index is 0.140. The van der Waals surface area contributed by atoms with Crippen molar-refractivity contribution >= 4 is 17.6 Å². The van der Waals surface area contributed by atoms with E-state index in [-0.39, 0.29) is 11.8 Å². The summed E-state index contributed by atoms with van der Waals surface area (Å²) in [6, 6.07) is 8.34. The average Bonchev–Trinajstić information content (AvgIpc) is 2.80. The molecule has 0 spiro atoms. The zero-order valence-corrected chi connectivity index (χ0v) is 15.0. The van der Waals surface area contributed by atoms with E-state index < -0.39 is 0 Å². The number of carbonyl (C=O) groups is 1. The Morgan fingerprint density at radius 2 is 1.84 bits per heavy atom. The van der Waals surface area contributed by atoms with Crippen LogP contribution in [0.25, 0.3) is 0 Å². The smallest absolute Gasteiger partial charge is 0.227 e. The fraction of sp³-hybridized carbons (Fsp3) is 0.600. The maximum atomic E-state index is 12.1. The lowest BCUT2D eigenvalue weighted by molar-refractivity contribution is -0.122. The SMILES string of the molecule is NC(=NCc1cccc(NC(=O)C2CCC2)c1)NC1CCCCCC1. The van der Waals surface area contributed by atoms with Gasteiger partial charge in [0, 0.05) is 17.6 Å². The van der Waals surface area contributed by atoms with Gasteiger partial charge in [0.2, 0.25) is 5.91 Å². The summed E-state index contributed by atoms with van der Waals surface area (Å²) in [7, 11) is 0. The predicted octanol–water partition coefficient (Wildman–Crippen LogP) is 3.55. The molecule has 0 unspecified atom stereocenters. The lowest BCUT2D eigenvalue weighted by Gasteiger charge is -2.24. The molecule has 2 saturated carbocycles. The third kappa shape index (κ3) is 5.48. The van der Waals surface area contributed by atoms with E-state index in [1.807, 2.05) is 24.3 Å². The van der Waals surface area contributed by atoms with Gasteiger partial charge >= 0.3 is 0 Å². The molecule has 0 radical (unpaired) electrons. The number of guanidine groups is 1. The maximum absolute atomic E-state index is 12.1. The number of nitrogens with one attached hydrogen (secondary N) is 2. The fourth-order valence-electron chi connectivity index (χ4n) is 3.52. The lowest BCUT2D eigenvalue weighted by atomic mass is 9.85. The molecule has 1 aromatic carbocycles. The second-order valence-electron chi connectivity index (χ2n) is 7.35. The van der Waals surface area contributed by atoms with Crippen LogP contribution in [0.1, 0.15) is 63.4 Å². The number of nitrogens with zero attached hydrogens (tertiary/aromatic N) is 1. The van der Waals surface area contributed by atoms with E-state index in [9.17, 15) is 4.79 Å². The quantitative estimate of drug-likeness (QED) is 0.435. The van der Waals surface area contributed by atoms with Crippen LogP contribution in [0.3, 0.4) is 0 Å². The van der Waals surface area contributed by atoms with Crippen molar-refractivity contribution in [2.24, 2.45) is 16.6 Å². The van der Waals surface area contributed by atoms with Crippen molar-refractivity contribution in [1.82, 2.24) is 5.32 Å². The molecular weight excluding hydrogens is 312 g/mol. The van der Waals surface area contributed by atoms with Crippen molar-refractivity contribution in [2.45, 2.75) is 70.4 Å². The number of anilines is 1. The largest absolute Gasteiger partial charge is 0.370 e. The Kier molecular flexibility index (Phi) is 6.31. The average molecular weight is 342 g/mol. The third-order valence-electron chi connectivity index (χ3n) is 5.31. The van der Waals surface area contributed by atoms with Crippen molar-refractivity contribution in [3.63, 3.8) is 0 Å². The van der Waals surface area contributed by atoms with Gasteiger partial charge in [0.05, 0.1) is 6.54 Å². The van der Waals surface area contributed by atoms with E-state index >= 15 is 0 Å². The van der Waals surface area contributed by atoms with Crippen LogP contribution in [0.2, 0.25) is 0 Å². The molecule has 0 bridgehead atoms. The van der Waals surface area contributed by atoms with Gasteiger partial charge in [0.1, 0.15) is 0 Å². The van der Waals surface area contributed by atoms with Gasteiger partial charge in [-0.2, -0.15) is 0 Å². The van der Waals surface area contributed by atoms with Gasteiger partial charge in [0.25, 0.3) is 0 Å². The topological polar surface area (TPSA) is 79.5 Å². The molecule has 136 valence electrons. The third-order valence-corrected chi connectivity index (χ3v) is 5.31. The Morgan fingerprint density at radius 3 is 2.52 bits per heavy atom. The number of rotatable bonds is 5. The van der Waals surface area contributed by atoms with Crippen LogP contribution in [0, 0.1) is 5.92 Å². The minimum Gasteiger partial charge on any atom is -0.370 e. The number of amides is 1. The normalized spacial score (nSPS) is 19.8. The molecule has 0 atom stereocenters. The molecule has 2 fully saturated rings. The summed E-state index contributed by atoms with van der Waals surface area (Å²) in [5, 5.41) is 6.37. The van der Waals surface area contributed by atoms with Gasteiger partial charge in [0.15, 0.2) is 5.96 Å². The summed E-state index contributed by atoms with van der Waals surface area (Å²) in [5.41, 5.74) is 7.96. The van der Waals surface area contributed by atoms with Crippen LogP contribution < -0.4 is 16.4 Å². The van der Waals surface area contributed by atoms with Crippen LogP contribution in [0.5, 0.6) is 0 Å². The fourth-order valence-corrected chi connectivity index (χ4v) is 3.52. The second-order valence-corrected chi connectivity index (χ2v) is 7.35. The number of nitrogens with two attached hydrogens (primary N) is 1. The van der Waals surface area contributed by atoms with Gasteiger partial charge in [-0.25, -0.2) is 4.99 Å². The molecule has 25 heavy (non-hydrogen) atoms. The molecule has 5 nitrogen and oxygen atoms in total. The van der Waals surface area contributed by atoms with Crippen molar-refractivity contribution in [3.8, 4) is 0 Å². The Bertz CT molecular complexity index is 601. The van der Waals surface area contributed by atoms with Gasteiger partial charge < -0.3 is 16.4 Å². The molecule has 5 heteroatoms. The molecule has 2 aliphatic carbocycles. The Morgan fingerprint density at radius 1 is 1.08 bits per heavy atom. The molecule has 2 aliphatic rings. The van der Waals surface area contributed by atoms with Gasteiger partial charge in [-0.1, -0.05) is 44.2 Å². The summed E-state index contributed by atoms with van der Waals surface area (Å²) in [6.07, 6.45) is 10.8. The van der Waals surface area contributed by atoms with Crippen molar-refractivity contribution < 1.29 is 4.79 Å². The monoisotopic (exact) mass is 342 g/mol. The van der Waals surface area contributed by atoms with Crippen molar-refractivity contribution in [2.75, 3.05) is 5.32 Å². The molecular formula is C20H30N4O. The number of hydrogen-bond donors (Lipinski definition) is 3. The maximum Gasteiger partial charge on any atom is 0.227 e. The Labute approximate surface area is 150 Å². The van der Waals surface area contributed by atoms with Crippen LogP contribution in [0.4, 0.5) is 5.69 Å². The van der Waals surface area contributed by atoms with E-state index in [0.717, 1.165) is 24.1 Å². The summed E-state index contributed by atoms with van der Waals surface area (Å²) in [4.78, 5) is 16.5. The van der Waals surface area contributed by atoms with E-state index in [2.05, 4.69) is 15.6 Å². The summed E-state index contributed by atoms with van der Waals surface area (Å²) in [6.45, 7) is 0.526. The highest BCUT2D eigenvalue weighted by molar-refractivity contribution is 5.93. The first-order chi connectivity index (χ1) is 12.2. The highest BCUT2D eigenvalue weighted by atomic mass is 16.1. The zero-order chi connectivity index (χ0) is 17.5. The molecule has 1 amide bonds. The highest BCUT2D eigenvalue weighted by Gasteiger charge is 2.25. The zero-order valence-electron chi connectivity index (χ0n) is 15.0. The lowest BCUT2D eigenvalue weighted by Crippen LogP contribution is -2.39. The highest BCUT2D eigenvalue weighted by Crippen LogP contribution is 2.27. The van der Waals surface area contributed by atoms with Crippen LogP contribution in [-0.2, 0) is 11.3 Å². The summed E-state index contributed by atoms with van der Waals surface area (Å²) in [5.74, 6) is 0.860. The second kappa shape index (κ2) is 8.88. The summed E-state index contributed by atoms with van der Waals surface area (Å²) >= 11 is 0. The predicted molar refractivity (Wildman–Crippen MR) is 102 cm³/mol. The number of carbonyl (C=O) groups excluding carboxylic acids is 1. The van der Waals surface area contributed by atoms with E-state index in [4.69, 9.17) is 5.73 Å². The van der Waals surface area contributed by atoms with Gasteiger partial charge in [-0.3, -0.25) is 4.79 Å². The van der Waals surface area contributed by atoms with E-state index in [1.165, 1.54) is 44.9 Å². The van der Waals surface area contributed by atoms with Crippen LogP contribution in [-0.4, -0.2) is 17.9 Å². The van der Waals surface area contributed by atoms with Crippen molar-refractivity contribution in [3.05, 3.63) is 29.8 Å². The van der Waals surface area contributed by atoms with Gasteiger partial charge in [-0.15, -0.1) is 0 Å². The van der Waals surface area contributed by atoms with Gasteiger partial charge in [-0.05, 0) is 43.4 Å². The Hall–Kier alpha value is -2.04. The first-order valence-corrected chi connectivity index (χ1v) is 9.67. The molecule has 1 aromatic rings. The van der Waals surface area contributed by atoms with Crippen LogP contribution >= 0.6 is 0 Å². The number of aliphatic imine (C=N–C) groups is 1.